The second-order valence-electron chi connectivity index (χ2n) is 7.86. The van der Waals surface area contributed by atoms with Crippen LogP contribution in [0.4, 0.5) is 28.3 Å². The third kappa shape index (κ3) is 4.50. The summed E-state index contributed by atoms with van der Waals surface area (Å²) in [6.45, 7) is -0.195. The van der Waals surface area contributed by atoms with Crippen LogP contribution < -0.4 is 16.8 Å². The van der Waals surface area contributed by atoms with E-state index in [0.717, 1.165) is 24.6 Å². The average Bonchev–Trinajstić information content (AvgIpc) is 3.41. The number of aryl methyl sites for hydroxylation is 2. The quantitative estimate of drug-likeness (QED) is 0.466. The predicted octanol–water partition coefficient (Wildman–Crippen LogP) is 2.65. The molecular formula is C19H22F4N8O2S. The highest BCUT2D eigenvalue weighted by atomic mass is 32.1. The number of hydrogen-bond acceptors (Lipinski definition) is 8. The number of amides is 1. The van der Waals surface area contributed by atoms with Gasteiger partial charge in [-0.2, -0.15) is 23.4 Å². The van der Waals surface area contributed by atoms with Crippen LogP contribution in [0.1, 0.15) is 40.8 Å². The number of halogens is 4. The van der Waals surface area contributed by atoms with Crippen LogP contribution in [0.3, 0.4) is 0 Å². The fraction of sp³-hybridized carbons (Fsp3) is 0.474. The van der Waals surface area contributed by atoms with Crippen LogP contribution in [0.25, 0.3) is 10.6 Å². The molecule has 34 heavy (non-hydrogen) atoms. The van der Waals surface area contributed by atoms with Crippen LogP contribution in [0, 0.1) is 0 Å². The first-order chi connectivity index (χ1) is 16.0. The van der Waals surface area contributed by atoms with Crippen molar-refractivity contribution < 1.29 is 27.1 Å². The Morgan fingerprint density at radius 1 is 1.24 bits per heavy atom. The summed E-state index contributed by atoms with van der Waals surface area (Å²) in [6.07, 6.45) is -3.35. The van der Waals surface area contributed by atoms with Crippen molar-refractivity contribution >= 4 is 27.9 Å². The van der Waals surface area contributed by atoms with Crippen LogP contribution in [-0.4, -0.2) is 49.3 Å². The summed E-state index contributed by atoms with van der Waals surface area (Å²) in [5.41, 5.74) is 11.0. The maximum absolute atomic E-state index is 13.9. The van der Waals surface area contributed by atoms with E-state index < -0.39 is 36.1 Å². The Morgan fingerprint density at radius 2 is 1.94 bits per heavy atom. The lowest BCUT2D eigenvalue weighted by atomic mass is 10.0. The van der Waals surface area contributed by atoms with Crippen molar-refractivity contribution in [3.05, 3.63) is 29.5 Å². The lowest BCUT2D eigenvalue weighted by Crippen LogP contribution is -2.32. The van der Waals surface area contributed by atoms with Gasteiger partial charge < -0.3 is 21.5 Å². The van der Waals surface area contributed by atoms with E-state index in [2.05, 4.69) is 20.5 Å². The summed E-state index contributed by atoms with van der Waals surface area (Å²) < 4.78 is 62.1. The zero-order chi connectivity index (χ0) is 24.8. The Morgan fingerprint density at radius 3 is 2.65 bits per heavy atom. The lowest BCUT2D eigenvalue weighted by molar-refractivity contribution is -0.143. The Hall–Kier alpha value is -3.04. The van der Waals surface area contributed by atoms with Gasteiger partial charge in [0, 0.05) is 20.1 Å². The number of nitrogen functional groups attached to an aromatic ring is 1. The first kappa shape index (κ1) is 24.1. The Balaban J connectivity index is 1.60. The predicted molar refractivity (Wildman–Crippen MR) is 116 cm³/mol. The summed E-state index contributed by atoms with van der Waals surface area (Å²) in [5, 5.41) is 10.3. The molecule has 1 aliphatic rings. The van der Waals surface area contributed by atoms with Gasteiger partial charge in [0.15, 0.2) is 11.4 Å². The number of ether oxygens (including phenoxy) is 1. The third-order valence-corrected chi connectivity index (χ3v) is 6.45. The normalized spacial score (nSPS) is 21.4. The number of carbonyl (C=O) groups is 1. The molecule has 0 unspecified atom stereocenters. The van der Waals surface area contributed by atoms with Crippen molar-refractivity contribution in [3.8, 4) is 10.6 Å². The first-order valence-corrected chi connectivity index (χ1v) is 11.0. The van der Waals surface area contributed by atoms with Gasteiger partial charge in [0.1, 0.15) is 22.3 Å². The largest absolute Gasteiger partial charge is 0.433 e. The van der Waals surface area contributed by atoms with Gasteiger partial charge in [-0.3, -0.25) is 14.2 Å². The van der Waals surface area contributed by atoms with Gasteiger partial charge in [-0.15, -0.1) is 0 Å². The Bertz CT molecular complexity index is 1190. The number of nitrogens with zero attached hydrogens (tertiary/aromatic N) is 5. The number of rotatable bonds is 4. The lowest BCUT2D eigenvalue weighted by Gasteiger charge is -2.17. The van der Waals surface area contributed by atoms with Crippen molar-refractivity contribution in [1.82, 2.24) is 24.5 Å². The molecule has 15 heteroatoms. The number of carbonyl (C=O) groups excluding carboxylic acids is 1. The molecule has 3 atom stereocenters. The highest BCUT2D eigenvalue weighted by molar-refractivity contribution is 7.19. The van der Waals surface area contributed by atoms with Crippen molar-refractivity contribution in [1.29, 1.82) is 0 Å². The van der Waals surface area contributed by atoms with E-state index in [-0.39, 0.29) is 33.6 Å². The van der Waals surface area contributed by atoms with Crippen LogP contribution in [0.15, 0.2) is 12.4 Å². The van der Waals surface area contributed by atoms with E-state index in [0.29, 0.717) is 23.2 Å². The molecule has 1 saturated heterocycles. The zero-order valence-electron chi connectivity index (χ0n) is 18.1. The van der Waals surface area contributed by atoms with Crippen molar-refractivity contribution in [2.45, 2.75) is 37.3 Å². The minimum atomic E-state index is -4.67. The van der Waals surface area contributed by atoms with E-state index in [1.807, 2.05) is 0 Å². The SMILES string of the molecule is Cn1ncc(NC(=O)c2nc(-c3cnn(C)c3C(F)(F)F)sc2N)c1[C@@H]1CC[C@@H](N)[C@H](F)CO1. The molecule has 4 heterocycles. The minimum absolute atomic E-state index is 0.0631. The fourth-order valence-corrected chi connectivity index (χ4v) is 4.64. The molecule has 3 aromatic rings. The van der Waals surface area contributed by atoms with Gasteiger partial charge in [-0.25, -0.2) is 9.37 Å². The number of aromatic nitrogens is 5. The van der Waals surface area contributed by atoms with E-state index in [1.54, 1.807) is 7.05 Å². The van der Waals surface area contributed by atoms with Crippen LogP contribution in [0.2, 0.25) is 0 Å². The van der Waals surface area contributed by atoms with Gasteiger partial charge in [0.05, 0.1) is 35.9 Å². The monoisotopic (exact) mass is 502 g/mol. The van der Waals surface area contributed by atoms with E-state index in [4.69, 9.17) is 16.2 Å². The maximum atomic E-state index is 13.9. The maximum Gasteiger partial charge on any atom is 0.433 e. The third-order valence-electron chi connectivity index (χ3n) is 5.53. The molecule has 1 fully saturated rings. The van der Waals surface area contributed by atoms with Crippen LogP contribution >= 0.6 is 11.3 Å². The molecule has 0 aliphatic carbocycles. The summed E-state index contributed by atoms with van der Waals surface area (Å²) >= 11 is 0.742. The Kier molecular flexibility index (Phi) is 6.35. The summed E-state index contributed by atoms with van der Waals surface area (Å²) in [5.74, 6) is -0.736. The Labute approximate surface area is 194 Å². The standard InChI is InChI=1S/C19H22F4N8O2S/c1-30-14(12-4-3-10(24)9(20)7-33-12)11(6-27-30)28-17(32)13-16(25)34-18(29-13)8-5-26-31(2)15(8)19(21,22)23/h5-6,9-10,12H,3-4,7,24-25H2,1-2H3,(H,28,32)/t9-,10-,12+/m1/s1. The average molecular weight is 502 g/mol. The fourth-order valence-electron chi connectivity index (χ4n) is 3.80. The highest BCUT2D eigenvalue weighted by Crippen LogP contribution is 2.40. The molecule has 0 bridgehead atoms. The smallest absolute Gasteiger partial charge is 0.389 e. The van der Waals surface area contributed by atoms with Gasteiger partial charge in [-0.05, 0) is 12.8 Å². The molecule has 1 amide bonds. The molecule has 5 N–H and O–H groups in total. The molecule has 184 valence electrons. The van der Waals surface area contributed by atoms with E-state index >= 15 is 0 Å². The van der Waals surface area contributed by atoms with Crippen molar-refractivity contribution in [2.24, 2.45) is 19.8 Å². The highest BCUT2D eigenvalue weighted by Gasteiger charge is 2.39. The molecule has 3 aromatic heterocycles. The molecule has 4 rings (SSSR count). The summed E-state index contributed by atoms with van der Waals surface area (Å²) in [4.78, 5) is 17.0. The number of anilines is 2. The van der Waals surface area contributed by atoms with Gasteiger partial charge in [0.25, 0.3) is 5.91 Å². The van der Waals surface area contributed by atoms with Crippen molar-refractivity contribution in [2.75, 3.05) is 17.7 Å². The number of nitrogens with one attached hydrogen (secondary N) is 1. The van der Waals surface area contributed by atoms with E-state index in [9.17, 15) is 22.4 Å². The van der Waals surface area contributed by atoms with Crippen LogP contribution in [0.5, 0.6) is 0 Å². The number of alkyl halides is 4. The molecule has 10 nitrogen and oxygen atoms in total. The molecule has 0 radical (unpaired) electrons. The minimum Gasteiger partial charge on any atom is -0.389 e. The van der Waals surface area contributed by atoms with E-state index in [1.165, 1.54) is 10.9 Å². The zero-order valence-corrected chi connectivity index (χ0v) is 19.0. The topological polar surface area (TPSA) is 139 Å². The van der Waals surface area contributed by atoms with Crippen LogP contribution in [-0.2, 0) is 25.0 Å². The number of thiazole rings is 1. The molecular weight excluding hydrogens is 480 g/mol. The van der Waals surface area contributed by atoms with Gasteiger partial charge in [0.2, 0.25) is 0 Å². The first-order valence-electron chi connectivity index (χ1n) is 10.2. The number of hydrogen-bond donors (Lipinski definition) is 3. The van der Waals surface area contributed by atoms with Crippen molar-refractivity contribution in [3.63, 3.8) is 0 Å². The van der Waals surface area contributed by atoms with Gasteiger partial charge in [-0.1, -0.05) is 11.3 Å². The molecule has 0 spiro atoms. The molecule has 1 aliphatic heterocycles. The second-order valence-corrected chi connectivity index (χ2v) is 8.89. The molecule has 0 aromatic carbocycles. The second kappa shape index (κ2) is 8.96. The number of nitrogens with two attached hydrogens (primary N) is 2. The molecule has 0 saturated carbocycles. The summed E-state index contributed by atoms with van der Waals surface area (Å²) in [6, 6.07) is -0.654. The summed E-state index contributed by atoms with van der Waals surface area (Å²) in [7, 11) is 2.80. The van der Waals surface area contributed by atoms with Gasteiger partial charge >= 0.3 is 6.18 Å².